The first-order valence-corrected chi connectivity index (χ1v) is 23.4. The van der Waals surface area contributed by atoms with E-state index in [2.05, 4.69) is 266 Å². The molecule has 312 valence electrons. The minimum atomic E-state index is -0.552. The lowest BCUT2D eigenvalue weighted by molar-refractivity contribution is 0.768. The molecule has 0 bridgehead atoms. The predicted octanol–water partition coefficient (Wildman–Crippen LogP) is 16.7. The van der Waals surface area contributed by atoms with Crippen LogP contribution in [0.2, 0.25) is 0 Å². The van der Waals surface area contributed by atoms with Gasteiger partial charge in [0.25, 0.3) is 0 Å². The molecule has 0 heterocycles. The standard InChI is InChI=1S/C66H43N/c1-5-23-44(24-6-1)61-62-55-36-18-22-40-59(55)66(57-38-20-16-31-49(57)50-32-17-21-39-58(50)66)63(62)53-34-13-14-35-54(53)64(61)67(47-29-11-4-12-30-47)48-41-42-52-51-33-15-19-37-56(51)65(60(52)43-48,45-25-7-2-8-26-45)46-27-9-3-10-28-46/h1-43H. The van der Waals surface area contributed by atoms with Gasteiger partial charge in [-0.25, -0.2) is 0 Å². The van der Waals surface area contributed by atoms with Gasteiger partial charge in [-0.05, 0) is 113 Å². The molecule has 1 spiro atoms. The van der Waals surface area contributed by atoms with Crippen molar-refractivity contribution >= 4 is 27.8 Å². The van der Waals surface area contributed by atoms with E-state index in [9.17, 15) is 0 Å². The molecule has 0 unspecified atom stereocenters. The van der Waals surface area contributed by atoms with Crippen molar-refractivity contribution in [3.05, 3.63) is 305 Å². The highest BCUT2D eigenvalue weighted by atomic mass is 15.1. The number of fused-ring (bicyclic) bond motifs is 15. The summed E-state index contributed by atoms with van der Waals surface area (Å²) in [5, 5.41) is 2.46. The topological polar surface area (TPSA) is 3.24 Å². The first kappa shape index (κ1) is 37.8. The summed E-state index contributed by atoms with van der Waals surface area (Å²) in [5.74, 6) is 0. The maximum Gasteiger partial charge on any atom is 0.0731 e. The average molecular weight is 850 g/mol. The number of benzene rings is 11. The SMILES string of the molecule is c1ccc(-c2c3c(c4ccccc4c2N(c2ccccc2)c2ccc4c(c2)C(c2ccccc2)(c2ccccc2)c2ccccc2-4)C2(c4ccccc4-c4ccccc42)c2ccccc2-3)cc1. The van der Waals surface area contributed by atoms with Crippen molar-refractivity contribution in [3.63, 3.8) is 0 Å². The van der Waals surface area contributed by atoms with Gasteiger partial charge in [0.1, 0.15) is 0 Å². The van der Waals surface area contributed by atoms with Crippen LogP contribution in [0.25, 0.3) is 55.3 Å². The summed E-state index contributed by atoms with van der Waals surface area (Å²) in [6, 6.07) is 97.6. The monoisotopic (exact) mass is 849 g/mol. The summed E-state index contributed by atoms with van der Waals surface area (Å²) < 4.78 is 0. The molecule has 1 heteroatoms. The van der Waals surface area contributed by atoms with Crippen molar-refractivity contribution < 1.29 is 0 Å². The molecule has 0 N–H and O–H groups in total. The second kappa shape index (κ2) is 14.5. The normalized spacial score (nSPS) is 13.9. The second-order valence-corrected chi connectivity index (χ2v) is 18.2. The number of anilines is 3. The van der Waals surface area contributed by atoms with Gasteiger partial charge in [0.15, 0.2) is 0 Å². The molecule has 0 fully saturated rings. The molecule has 0 saturated carbocycles. The summed E-state index contributed by atoms with van der Waals surface area (Å²) in [4.78, 5) is 2.57. The molecule has 0 radical (unpaired) electrons. The molecule has 14 rings (SSSR count). The van der Waals surface area contributed by atoms with Gasteiger partial charge in [-0.3, -0.25) is 0 Å². The number of hydrogen-bond acceptors (Lipinski definition) is 1. The average Bonchev–Trinajstić information content (AvgIpc) is 4.00. The smallest absolute Gasteiger partial charge is 0.0731 e. The molecular weight excluding hydrogens is 807 g/mol. The van der Waals surface area contributed by atoms with Crippen LogP contribution >= 0.6 is 0 Å². The van der Waals surface area contributed by atoms with Crippen LogP contribution in [0.3, 0.4) is 0 Å². The maximum absolute atomic E-state index is 2.57. The number of rotatable bonds is 6. The van der Waals surface area contributed by atoms with Gasteiger partial charge in [-0.2, -0.15) is 0 Å². The highest BCUT2D eigenvalue weighted by Gasteiger charge is 2.54. The number of nitrogens with zero attached hydrogens (tertiary/aromatic N) is 1. The third-order valence-corrected chi connectivity index (χ3v) is 15.1. The Morgan fingerprint density at radius 1 is 0.269 bits per heavy atom. The van der Waals surface area contributed by atoms with E-state index in [1.165, 1.54) is 105 Å². The Morgan fingerprint density at radius 2 is 0.687 bits per heavy atom. The van der Waals surface area contributed by atoms with Crippen LogP contribution in [0.5, 0.6) is 0 Å². The molecular formula is C66H43N. The van der Waals surface area contributed by atoms with Crippen LogP contribution in [-0.4, -0.2) is 0 Å². The van der Waals surface area contributed by atoms with Gasteiger partial charge >= 0.3 is 0 Å². The maximum atomic E-state index is 2.57. The van der Waals surface area contributed by atoms with Crippen LogP contribution < -0.4 is 4.90 Å². The van der Waals surface area contributed by atoms with Gasteiger partial charge in [0, 0.05) is 22.3 Å². The van der Waals surface area contributed by atoms with E-state index in [0.717, 1.165) is 11.4 Å². The molecule has 0 atom stereocenters. The molecule has 11 aromatic rings. The van der Waals surface area contributed by atoms with Crippen molar-refractivity contribution in [1.82, 2.24) is 0 Å². The zero-order valence-corrected chi connectivity index (χ0v) is 36.8. The fourth-order valence-corrected chi connectivity index (χ4v) is 12.7. The molecule has 1 nitrogen and oxygen atoms in total. The third-order valence-electron chi connectivity index (χ3n) is 15.1. The van der Waals surface area contributed by atoms with Crippen LogP contribution in [0.1, 0.15) is 44.5 Å². The summed E-state index contributed by atoms with van der Waals surface area (Å²) in [6.45, 7) is 0. The van der Waals surface area contributed by atoms with Crippen molar-refractivity contribution in [2.75, 3.05) is 4.90 Å². The first-order valence-electron chi connectivity index (χ1n) is 23.4. The first-order chi connectivity index (χ1) is 33.3. The van der Waals surface area contributed by atoms with Crippen molar-refractivity contribution in [2.45, 2.75) is 10.8 Å². The molecule has 3 aliphatic rings. The number of para-hydroxylation sites is 1. The lowest BCUT2D eigenvalue weighted by Gasteiger charge is -2.36. The lowest BCUT2D eigenvalue weighted by Crippen LogP contribution is -2.28. The van der Waals surface area contributed by atoms with Crippen molar-refractivity contribution in [2.24, 2.45) is 0 Å². The minimum Gasteiger partial charge on any atom is -0.309 e. The van der Waals surface area contributed by atoms with E-state index in [4.69, 9.17) is 0 Å². The Kier molecular flexibility index (Phi) is 8.18. The molecule has 0 aliphatic heterocycles. The quantitative estimate of drug-likeness (QED) is 0.161. The number of hydrogen-bond donors (Lipinski definition) is 0. The second-order valence-electron chi connectivity index (χ2n) is 18.2. The van der Waals surface area contributed by atoms with E-state index in [-0.39, 0.29) is 0 Å². The van der Waals surface area contributed by atoms with Crippen LogP contribution in [0.4, 0.5) is 17.1 Å². The van der Waals surface area contributed by atoms with Crippen LogP contribution in [0.15, 0.2) is 261 Å². The highest BCUT2D eigenvalue weighted by molar-refractivity contribution is 6.17. The summed E-state index contributed by atoms with van der Waals surface area (Å²) >= 11 is 0. The molecule has 67 heavy (non-hydrogen) atoms. The molecule has 0 saturated heterocycles. The van der Waals surface area contributed by atoms with Gasteiger partial charge in [-0.15, -0.1) is 0 Å². The molecule has 0 amide bonds. The highest BCUT2D eigenvalue weighted by Crippen LogP contribution is 2.67. The van der Waals surface area contributed by atoms with Crippen LogP contribution in [0, 0.1) is 0 Å². The lowest BCUT2D eigenvalue weighted by atomic mass is 9.67. The Labute approximate surface area is 391 Å². The zero-order chi connectivity index (χ0) is 44.1. The Bertz CT molecular complexity index is 3650. The fraction of sp³-hybridized carbons (Fsp3) is 0.0303. The van der Waals surface area contributed by atoms with E-state index in [0.29, 0.717) is 0 Å². The molecule has 0 aromatic heterocycles. The largest absolute Gasteiger partial charge is 0.309 e. The minimum absolute atomic E-state index is 0.525. The van der Waals surface area contributed by atoms with E-state index in [1.54, 1.807) is 0 Å². The third kappa shape index (κ3) is 5.03. The van der Waals surface area contributed by atoms with Gasteiger partial charge < -0.3 is 4.90 Å². The Morgan fingerprint density at radius 3 is 1.25 bits per heavy atom. The van der Waals surface area contributed by atoms with Crippen LogP contribution in [-0.2, 0) is 10.8 Å². The predicted molar refractivity (Wildman–Crippen MR) is 278 cm³/mol. The summed E-state index contributed by atoms with van der Waals surface area (Å²) in [5.41, 5.74) is 22.9. The molecule has 3 aliphatic carbocycles. The zero-order valence-electron chi connectivity index (χ0n) is 36.8. The van der Waals surface area contributed by atoms with Crippen molar-refractivity contribution in [3.8, 4) is 44.5 Å². The summed E-state index contributed by atoms with van der Waals surface area (Å²) in [7, 11) is 0. The Hall–Kier alpha value is -8.52. The van der Waals surface area contributed by atoms with Gasteiger partial charge in [0.2, 0.25) is 0 Å². The fourth-order valence-electron chi connectivity index (χ4n) is 12.7. The van der Waals surface area contributed by atoms with E-state index >= 15 is 0 Å². The van der Waals surface area contributed by atoms with Gasteiger partial charge in [0.05, 0.1) is 16.5 Å². The van der Waals surface area contributed by atoms with Gasteiger partial charge in [-0.1, -0.05) is 237 Å². The van der Waals surface area contributed by atoms with E-state index < -0.39 is 10.8 Å². The molecule has 11 aromatic carbocycles. The Balaban J connectivity index is 1.14. The van der Waals surface area contributed by atoms with E-state index in [1.807, 2.05) is 0 Å². The summed E-state index contributed by atoms with van der Waals surface area (Å²) in [6.07, 6.45) is 0. The van der Waals surface area contributed by atoms with Crippen molar-refractivity contribution in [1.29, 1.82) is 0 Å².